The minimum absolute atomic E-state index is 0.0517. The molecule has 33 heavy (non-hydrogen) atoms. The van der Waals surface area contributed by atoms with E-state index in [-0.39, 0.29) is 16.7 Å². The third-order valence-electron chi connectivity index (χ3n) is 3.17. The second-order valence-corrected chi connectivity index (χ2v) is 6.55. The molecule has 0 saturated heterocycles. The van der Waals surface area contributed by atoms with E-state index in [4.69, 9.17) is 14.2 Å². The summed E-state index contributed by atoms with van der Waals surface area (Å²) in [6, 6.07) is 0. The largest absolute Gasteiger partial charge is 0.459 e. The molecule has 0 amide bonds. The fourth-order valence-electron chi connectivity index (χ4n) is 1.53. The van der Waals surface area contributed by atoms with Gasteiger partial charge in [-0.2, -0.15) is 0 Å². The first kappa shape index (κ1) is 29.0. The van der Waals surface area contributed by atoms with Crippen LogP contribution >= 0.6 is 0 Å². The lowest BCUT2D eigenvalue weighted by molar-refractivity contribution is -0.174. The summed E-state index contributed by atoms with van der Waals surface area (Å²) in [7, 11) is 0. The van der Waals surface area contributed by atoms with Crippen LogP contribution in [0.5, 0.6) is 0 Å². The maximum atomic E-state index is 11.9. The standard InChI is InChI=1S/C21H26O12/c1-12(2)19(25)30-9-16(22)28-7-15(33-18(24)11-32-21(27)14(5)6)8-29-17(23)10-31-20(26)13(3)4/h15H,1,3,5,7-11H2,2,4,6H3. The lowest BCUT2D eigenvalue weighted by Crippen LogP contribution is -2.33. The van der Waals surface area contributed by atoms with E-state index in [1.807, 2.05) is 0 Å². The molecule has 0 N–H and O–H groups in total. The van der Waals surface area contributed by atoms with E-state index >= 15 is 0 Å². The highest BCUT2D eigenvalue weighted by molar-refractivity contribution is 5.89. The predicted molar refractivity (Wildman–Crippen MR) is 109 cm³/mol. The maximum absolute atomic E-state index is 11.9. The van der Waals surface area contributed by atoms with Crippen LogP contribution in [0.25, 0.3) is 0 Å². The Morgan fingerprint density at radius 3 is 1.15 bits per heavy atom. The Morgan fingerprint density at radius 2 is 0.848 bits per heavy atom. The SMILES string of the molecule is C=C(C)C(=O)OCC(=O)OCC(COC(=O)COC(=O)C(=C)C)OC(=O)COC(=O)C(=C)C. The van der Waals surface area contributed by atoms with Crippen molar-refractivity contribution in [3.63, 3.8) is 0 Å². The van der Waals surface area contributed by atoms with Gasteiger partial charge in [0.15, 0.2) is 25.9 Å². The summed E-state index contributed by atoms with van der Waals surface area (Å²) in [6.07, 6.45) is -1.32. The zero-order valence-corrected chi connectivity index (χ0v) is 18.6. The molecule has 182 valence electrons. The molecule has 0 aromatic heterocycles. The summed E-state index contributed by atoms with van der Waals surface area (Å²) in [6.45, 7) is 10.7. The van der Waals surface area contributed by atoms with Crippen molar-refractivity contribution in [1.29, 1.82) is 0 Å². The molecule has 0 spiro atoms. The van der Waals surface area contributed by atoms with Crippen LogP contribution in [0.15, 0.2) is 36.5 Å². The fourth-order valence-corrected chi connectivity index (χ4v) is 1.53. The van der Waals surface area contributed by atoms with Gasteiger partial charge in [-0.15, -0.1) is 0 Å². The number of carbonyl (C=O) groups excluding carboxylic acids is 6. The van der Waals surface area contributed by atoms with Gasteiger partial charge in [0, 0.05) is 16.7 Å². The maximum Gasteiger partial charge on any atom is 0.344 e. The van der Waals surface area contributed by atoms with E-state index < -0.39 is 75.0 Å². The minimum Gasteiger partial charge on any atom is -0.459 e. The van der Waals surface area contributed by atoms with Gasteiger partial charge in [0.1, 0.15) is 13.2 Å². The van der Waals surface area contributed by atoms with Crippen molar-refractivity contribution in [2.24, 2.45) is 0 Å². The molecule has 0 atom stereocenters. The van der Waals surface area contributed by atoms with Crippen molar-refractivity contribution < 1.29 is 57.2 Å². The molecule has 12 nitrogen and oxygen atoms in total. The van der Waals surface area contributed by atoms with E-state index in [0.29, 0.717) is 0 Å². The molecule has 0 heterocycles. The molecule has 12 heteroatoms. The highest BCUT2D eigenvalue weighted by Crippen LogP contribution is 2.01. The monoisotopic (exact) mass is 470 g/mol. The molecular formula is C21H26O12. The van der Waals surface area contributed by atoms with Gasteiger partial charge < -0.3 is 28.4 Å². The van der Waals surface area contributed by atoms with Crippen LogP contribution in [0, 0.1) is 0 Å². The van der Waals surface area contributed by atoms with E-state index in [2.05, 4.69) is 33.9 Å². The van der Waals surface area contributed by atoms with Crippen molar-refractivity contribution in [2.45, 2.75) is 26.9 Å². The normalized spacial score (nSPS) is 9.82. The van der Waals surface area contributed by atoms with Gasteiger partial charge in [-0.05, 0) is 20.8 Å². The van der Waals surface area contributed by atoms with Crippen LogP contribution in [0.2, 0.25) is 0 Å². The Hall–Kier alpha value is -3.96. The van der Waals surface area contributed by atoms with E-state index in [9.17, 15) is 28.8 Å². The molecule has 0 aromatic carbocycles. The van der Waals surface area contributed by atoms with Gasteiger partial charge in [0.2, 0.25) is 0 Å². The summed E-state index contributed by atoms with van der Waals surface area (Å²) >= 11 is 0. The van der Waals surface area contributed by atoms with Gasteiger partial charge in [-0.25, -0.2) is 28.8 Å². The Labute approximate surface area is 190 Å². The molecule has 0 fully saturated rings. The molecule has 0 bridgehead atoms. The molecule has 0 aliphatic carbocycles. The van der Waals surface area contributed by atoms with Crippen LogP contribution in [0.4, 0.5) is 0 Å². The number of hydrogen-bond acceptors (Lipinski definition) is 12. The first-order chi connectivity index (χ1) is 15.3. The third-order valence-corrected chi connectivity index (χ3v) is 3.17. The molecular weight excluding hydrogens is 444 g/mol. The first-order valence-corrected chi connectivity index (χ1v) is 9.32. The summed E-state index contributed by atoms with van der Waals surface area (Å²) in [5.41, 5.74) is 0.187. The van der Waals surface area contributed by atoms with Crippen molar-refractivity contribution in [1.82, 2.24) is 0 Å². The lowest BCUT2D eigenvalue weighted by atomic mass is 10.4. The zero-order chi connectivity index (χ0) is 25.6. The molecule has 0 aliphatic heterocycles. The molecule has 0 rings (SSSR count). The van der Waals surface area contributed by atoms with Crippen LogP contribution < -0.4 is 0 Å². The summed E-state index contributed by atoms with van der Waals surface area (Å²) in [5, 5.41) is 0. The van der Waals surface area contributed by atoms with Gasteiger partial charge in [0.05, 0.1) is 0 Å². The molecule has 0 unspecified atom stereocenters. The number of carbonyl (C=O) groups is 6. The summed E-state index contributed by atoms with van der Waals surface area (Å²) in [5.74, 6) is -5.47. The third kappa shape index (κ3) is 13.9. The van der Waals surface area contributed by atoms with Crippen LogP contribution in [0.1, 0.15) is 20.8 Å². The molecule has 0 saturated carbocycles. The number of ether oxygens (including phenoxy) is 6. The highest BCUT2D eigenvalue weighted by Gasteiger charge is 2.21. The average molecular weight is 470 g/mol. The Morgan fingerprint density at radius 1 is 0.545 bits per heavy atom. The minimum atomic E-state index is -1.32. The summed E-state index contributed by atoms with van der Waals surface area (Å²) in [4.78, 5) is 69.2. The Kier molecular flexibility index (Phi) is 13.2. The van der Waals surface area contributed by atoms with Gasteiger partial charge in [-0.1, -0.05) is 19.7 Å². The molecule has 0 radical (unpaired) electrons. The summed E-state index contributed by atoms with van der Waals surface area (Å²) < 4.78 is 28.5. The number of rotatable bonds is 14. The van der Waals surface area contributed by atoms with Gasteiger partial charge >= 0.3 is 35.8 Å². The van der Waals surface area contributed by atoms with Crippen molar-refractivity contribution in [2.75, 3.05) is 33.0 Å². The smallest absolute Gasteiger partial charge is 0.344 e. The van der Waals surface area contributed by atoms with E-state index in [0.717, 1.165) is 0 Å². The van der Waals surface area contributed by atoms with Crippen LogP contribution in [-0.2, 0) is 57.2 Å². The highest BCUT2D eigenvalue weighted by atomic mass is 16.6. The molecule has 0 aliphatic rings. The predicted octanol–water partition coefficient (Wildman–Crippen LogP) is 0.343. The lowest BCUT2D eigenvalue weighted by Gasteiger charge is -2.18. The Balaban J connectivity index is 4.81. The average Bonchev–Trinajstić information content (AvgIpc) is 2.75. The van der Waals surface area contributed by atoms with E-state index in [1.54, 1.807) is 0 Å². The van der Waals surface area contributed by atoms with Gasteiger partial charge in [0.25, 0.3) is 0 Å². The number of esters is 6. The zero-order valence-electron chi connectivity index (χ0n) is 18.6. The van der Waals surface area contributed by atoms with Gasteiger partial charge in [-0.3, -0.25) is 0 Å². The molecule has 0 aromatic rings. The van der Waals surface area contributed by atoms with Crippen molar-refractivity contribution in [3.05, 3.63) is 36.5 Å². The fraction of sp³-hybridized carbons (Fsp3) is 0.429. The first-order valence-electron chi connectivity index (χ1n) is 9.32. The van der Waals surface area contributed by atoms with Crippen molar-refractivity contribution >= 4 is 35.8 Å². The van der Waals surface area contributed by atoms with E-state index in [1.165, 1.54) is 20.8 Å². The van der Waals surface area contributed by atoms with Crippen molar-refractivity contribution in [3.8, 4) is 0 Å². The topological polar surface area (TPSA) is 158 Å². The van der Waals surface area contributed by atoms with Crippen LogP contribution in [-0.4, -0.2) is 75.0 Å². The second-order valence-electron chi connectivity index (χ2n) is 6.55. The Bertz CT molecular complexity index is 777. The quantitative estimate of drug-likeness (QED) is 0.195. The van der Waals surface area contributed by atoms with Crippen LogP contribution in [0.3, 0.4) is 0 Å². The second kappa shape index (κ2) is 14.9. The number of hydrogen-bond donors (Lipinski definition) is 0.